The lowest BCUT2D eigenvalue weighted by Crippen LogP contribution is -2.14. The van der Waals surface area contributed by atoms with Gasteiger partial charge in [-0.3, -0.25) is 0 Å². The number of aryl methyl sites for hydroxylation is 1. The van der Waals surface area contributed by atoms with Crippen LogP contribution in [0.25, 0.3) is 0 Å². The van der Waals surface area contributed by atoms with Crippen LogP contribution in [0.3, 0.4) is 0 Å². The summed E-state index contributed by atoms with van der Waals surface area (Å²) in [4.78, 5) is 0. The Morgan fingerprint density at radius 3 is 2.78 bits per heavy atom. The van der Waals surface area contributed by atoms with Crippen molar-refractivity contribution >= 4 is 15.9 Å². The molecule has 1 atom stereocenters. The summed E-state index contributed by atoms with van der Waals surface area (Å²) in [6.45, 7) is 0.210. The topological polar surface area (TPSA) is 55.5 Å². The van der Waals surface area contributed by atoms with Gasteiger partial charge in [-0.25, -0.2) is 0 Å². The molecular weight excluding hydrogens is 294 g/mol. The first-order chi connectivity index (χ1) is 8.69. The van der Waals surface area contributed by atoms with Gasteiger partial charge >= 0.3 is 0 Å². The number of benzene rings is 1. The minimum absolute atomic E-state index is 0.210. The Morgan fingerprint density at radius 2 is 2.11 bits per heavy atom. The van der Waals surface area contributed by atoms with Crippen molar-refractivity contribution in [1.29, 1.82) is 0 Å². The van der Waals surface area contributed by atoms with E-state index in [1.54, 1.807) is 7.11 Å². The molecule has 1 unspecified atom stereocenters. The number of fused-ring (bicyclic) bond motifs is 1. The van der Waals surface area contributed by atoms with Gasteiger partial charge in [-0.15, -0.1) is 0 Å². The van der Waals surface area contributed by atoms with Gasteiger partial charge in [0.2, 0.25) is 0 Å². The molecule has 0 amide bonds. The lowest BCUT2D eigenvalue weighted by atomic mass is 9.96. The number of methoxy groups -OCH3 is 1. The van der Waals surface area contributed by atoms with E-state index >= 15 is 0 Å². The van der Waals surface area contributed by atoms with Crippen molar-refractivity contribution in [3.05, 3.63) is 27.2 Å². The van der Waals surface area contributed by atoms with Crippen LogP contribution in [0.2, 0.25) is 0 Å². The van der Waals surface area contributed by atoms with Crippen molar-refractivity contribution in [3.63, 3.8) is 0 Å². The monoisotopic (exact) mass is 313 g/mol. The fourth-order valence-electron chi connectivity index (χ4n) is 2.61. The van der Waals surface area contributed by atoms with Crippen molar-refractivity contribution in [2.75, 3.05) is 13.7 Å². The Kier molecular flexibility index (Phi) is 4.65. The van der Waals surface area contributed by atoms with Crippen LogP contribution >= 0.6 is 15.9 Å². The Morgan fingerprint density at radius 1 is 1.39 bits per heavy atom. The summed E-state index contributed by atoms with van der Waals surface area (Å²) < 4.78 is 6.44. The smallest absolute Gasteiger partial charge is 0.139 e. The molecule has 0 aliphatic heterocycles. The zero-order valence-corrected chi connectivity index (χ0v) is 12.3. The predicted molar refractivity (Wildman–Crippen MR) is 76.0 cm³/mol. The Balaban J connectivity index is 2.54. The van der Waals surface area contributed by atoms with Gasteiger partial charge in [0.25, 0.3) is 0 Å². The molecule has 0 heterocycles. The molecule has 0 saturated heterocycles. The second-order valence-corrected chi connectivity index (χ2v) is 5.56. The van der Waals surface area contributed by atoms with E-state index in [1.807, 2.05) is 0 Å². The summed E-state index contributed by atoms with van der Waals surface area (Å²) in [7, 11) is 1.63. The Labute approximate surface area is 116 Å². The van der Waals surface area contributed by atoms with Crippen LogP contribution in [0, 0.1) is 0 Å². The average Bonchev–Trinajstić information content (AvgIpc) is 2.63. The summed E-state index contributed by atoms with van der Waals surface area (Å²) in [5.41, 5.74) is 9.02. The van der Waals surface area contributed by atoms with Crippen LogP contribution in [0.4, 0.5) is 0 Å². The fraction of sp³-hybridized carbons (Fsp3) is 0.571. The van der Waals surface area contributed by atoms with Gasteiger partial charge in [-0.05, 0) is 58.8 Å². The molecule has 18 heavy (non-hydrogen) atoms. The lowest BCUT2D eigenvalue weighted by molar-refractivity contribution is 0.182. The number of ether oxygens (including phenoxy) is 1. The van der Waals surface area contributed by atoms with E-state index in [0.29, 0.717) is 0 Å². The molecule has 2 rings (SSSR count). The summed E-state index contributed by atoms with van der Waals surface area (Å²) in [5.74, 6) is 0.730. The number of aliphatic hydroxyl groups excluding tert-OH is 1. The molecular formula is C14H20BrNO2. The highest BCUT2D eigenvalue weighted by atomic mass is 79.9. The van der Waals surface area contributed by atoms with Crippen LogP contribution in [0.15, 0.2) is 10.5 Å². The second-order valence-electron chi connectivity index (χ2n) is 4.76. The molecule has 0 saturated carbocycles. The highest BCUT2D eigenvalue weighted by Crippen LogP contribution is 2.40. The SMILES string of the molecule is COc1c(C(O)CN)cc2c(c1Br)CCCCC2. The average molecular weight is 314 g/mol. The largest absolute Gasteiger partial charge is 0.495 e. The van der Waals surface area contributed by atoms with Crippen LogP contribution in [-0.2, 0) is 12.8 Å². The summed E-state index contributed by atoms with van der Waals surface area (Å²) in [5, 5.41) is 10.0. The summed E-state index contributed by atoms with van der Waals surface area (Å²) >= 11 is 3.63. The highest BCUT2D eigenvalue weighted by Gasteiger charge is 2.21. The molecule has 1 aliphatic rings. The zero-order chi connectivity index (χ0) is 13.1. The maximum Gasteiger partial charge on any atom is 0.139 e. The molecule has 0 bridgehead atoms. The molecule has 0 fully saturated rings. The van der Waals surface area contributed by atoms with Crippen LogP contribution < -0.4 is 10.5 Å². The number of nitrogens with two attached hydrogens (primary N) is 1. The van der Waals surface area contributed by atoms with E-state index in [0.717, 1.165) is 28.6 Å². The molecule has 100 valence electrons. The molecule has 3 nitrogen and oxygen atoms in total. The van der Waals surface area contributed by atoms with Gasteiger partial charge in [-0.2, -0.15) is 0 Å². The van der Waals surface area contributed by atoms with Crippen molar-refractivity contribution in [1.82, 2.24) is 0 Å². The van der Waals surface area contributed by atoms with Gasteiger partial charge in [-0.1, -0.05) is 6.42 Å². The van der Waals surface area contributed by atoms with Crippen molar-refractivity contribution < 1.29 is 9.84 Å². The quantitative estimate of drug-likeness (QED) is 0.844. The number of hydrogen-bond acceptors (Lipinski definition) is 3. The summed E-state index contributed by atoms with van der Waals surface area (Å²) in [6.07, 6.45) is 5.17. The van der Waals surface area contributed by atoms with E-state index in [-0.39, 0.29) is 6.54 Å². The predicted octanol–water partition coefficient (Wildman–Crippen LogP) is 2.72. The molecule has 3 N–H and O–H groups in total. The van der Waals surface area contributed by atoms with Crippen molar-refractivity contribution in [2.24, 2.45) is 5.73 Å². The van der Waals surface area contributed by atoms with Crippen LogP contribution in [0.5, 0.6) is 5.75 Å². The lowest BCUT2D eigenvalue weighted by Gasteiger charge is -2.19. The molecule has 0 aromatic heterocycles. The first-order valence-electron chi connectivity index (χ1n) is 6.45. The number of aliphatic hydroxyl groups is 1. The van der Waals surface area contributed by atoms with Gasteiger partial charge in [0.15, 0.2) is 0 Å². The summed E-state index contributed by atoms with van der Waals surface area (Å²) in [6, 6.07) is 2.07. The third-order valence-corrected chi connectivity index (χ3v) is 4.44. The number of halogens is 1. The van der Waals surface area contributed by atoms with Crippen molar-refractivity contribution in [3.8, 4) is 5.75 Å². The Hall–Kier alpha value is -0.580. The number of rotatable bonds is 3. The molecule has 1 aliphatic carbocycles. The van der Waals surface area contributed by atoms with Gasteiger partial charge < -0.3 is 15.6 Å². The van der Waals surface area contributed by atoms with E-state index in [1.165, 1.54) is 30.4 Å². The molecule has 0 spiro atoms. The standard InChI is InChI=1S/C14H20BrNO2/c1-18-14-11(12(17)8-16)7-9-5-3-2-4-6-10(9)13(14)15/h7,12,17H,2-6,8,16H2,1H3. The van der Waals surface area contributed by atoms with E-state index in [9.17, 15) is 5.11 Å². The number of hydrogen-bond donors (Lipinski definition) is 2. The minimum Gasteiger partial charge on any atom is -0.495 e. The van der Waals surface area contributed by atoms with E-state index in [2.05, 4.69) is 22.0 Å². The van der Waals surface area contributed by atoms with Gasteiger partial charge in [0, 0.05) is 12.1 Å². The molecule has 0 radical (unpaired) electrons. The second kappa shape index (κ2) is 6.04. The first kappa shape index (κ1) is 13.8. The van der Waals surface area contributed by atoms with E-state index in [4.69, 9.17) is 10.5 Å². The zero-order valence-electron chi connectivity index (χ0n) is 10.7. The minimum atomic E-state index is -0.662. The third-order valence-electron chi connectivity index (χ3n) is 3.60. The van der Waals surface area contributed by atoms with Gasteiger partial charge in [0.1, 0.15) is 5.75 Å². The van der Waals surface area contributed by atoms with Gasteiger partial charge in [0.05, 0.1) is 17.7 Å². The maximum atomic E-state index is 10.0. The molecule has 4 heteroatoms. The van der Waals surface area contributed by atoms with Crippen LogP contribution in [0.1, 0.15) is 42.1 Å². The Bertz CT molecular complexity index is 434. The molecule has 1 aromatic carbocycles. The first-order valence-corrected chi connectivity index (χ1v) is 7.24. The highest BCUT2D eigenvalue weighted by molar-refractivity contribution is 9.10. The van der Waals surface area contributed by atoms with Crippen LogP contribution in [-0.4, -0.2) is 18.8 Å². The maximum absolute atomic E-state index is 10.0. The third kappa shape index (κ3) is 2.56. The fourth-order valence-corrected chi connectivity index (χ4v) is 3.46. The van der Waals surface area contributed by atoms with E-state index < -0.39 is 6.10 Å². The van der Waals surface area contributed by atoms with Crippen molar-refractivity contribution in [2.45, 2.75) is 38.2 Å². The normalized spacial score (nSPS) is 16.9. The molecule has 1 aromatic rings.